The number of nitro groups is 1. The van der Waals surface area contributed by atoms with Gasteiger partial charge in [-0.15, -0.1) is 0 Å². The fraction of sp³-hybridized carbons (Fsp3) is 0.160. The standard InChI is InChI=1S/C25H18ClF2N3O5/c26-15-7-9-21(31(35)36)19(13-15)25(34)29(22-10-8-16(27)14-20(22)28)11-3-4-12-30-23(32)17-5-1-2-6-18(17)24(30)33/h1-2,5-10,13-14H,3-4,11-12H2. The van der Waals surface area contributed by atoms with E-state index in [1.807, 2.05) is 0 Å². The number of carbonyl (C=O) groups is 3. The van der Waals surface area contributed by atoms with Gasteiger partial charge in [-0.2, -0.15) is 0 Å². The number of nitro benzene ring substituents is 1. The first-order chi connectivity index (χ1) is 17.2. The molecule has 3 amide bonds. The Morgan fingerprint density at radius 1 is 0.972 bits per heavy atom. The molecule has 0 saturated heterocycles. The smallest absolute Gasteiger partial charge is 0.282 e. The molecular weight excluding hydrogens is 496 g/mol. The predicted molar refractivity (Wildman–Crippen MR) is 127 cm³/mol. The maximum Gasteiger partial charge on any atom is 0.282 e. The van der Waals surface area contributed by atoms with Crippen molar-refractivity contribution in [2.75, 3.05) is 18.0 Å². The van der Waals surface area contributed by atoms with Gasteiger partial charge in [-0.3, -0.25) is 29.4 Å². The van der Waals surface area contributed by atoms with Crippen molar-refractivity contribution in [1.82, 2.24) is 4.90 Å². The quantitative estimate of drug-likeness (QED) is 0.177. The third kappa shape index (κ3) is 4.80. The monoisotopic (exact) mass is 513 g/mol. The fourth-order valence-corrected chi connectivity index (χ4v) is 4.17. The number of nitrogens with zero attached hydrogens (tertiary/aromatic N) is 3. The van der Waals surface area contributed by atoms with Gasteiger partial charge in [0.05, 0.1) is 21.7 Å². The maximum absolute atomic E-state index is 14.6. The summed E-state index contributed by atoms with van der Waals surface area (Å²) in [4.78, 5) is 51.2. The highest BCUT2D eigenvalue weighted by Crippen LogP contribution is 2.29. The van der Waals surface area contributed by atoms with Gasteiger partial charge >= 0.3 is 0 Å². The van der Waals surface area contributed by atoms with Crippen LogP contribution < -0.4 is 4.90 Å². The van der Waals surface area contributed by atoms with Crippen molar-refractivity contribution in [3.05, 3.63) is 104 Å². The molecule has 1 aliphatic rings. The zero-order chi connectivity index (χ0) is 26.0. The first-order valence-corrected chi connectivity index (χ1v) is 11.2. The number of hydrogen-bond acceptors (Lipinski definition) is 5. The van der Waals surface area contributed by atoms with E-state index in [0.29, 0.717) is 17.2 Å². The molecule has 4 rings (SSSR count). The Balaban J connectivity index is 1.55. The molecule has 0 N–H and O–H groups in total. The van der Waals surface area contributed by atoms with Gasteiger partial charge in [0.25, 0.3) is 23.4 Å². The predicted octanol–water partition coefficient (Wildman–Crippen LogP) is 5.25. The van der Waals surface area contributed by atoms with E-state index < -0.39 is 40.0 Å². The lowest BCUT2D eigenvalue weighted by molar-refractivity contribution is -0.385. The third-order valence-corrected chi connectivity index (χ3v) is 5.96. The normalized spacial score (nSPS) is 12.6. The lowest BCUT2D eigenvalue weighted by atomic mass is 10.1. The molecule has 0 unspecified atom stereocenters. The fourth-order valence-electron chi connectivity index (χ4n) is 4.00. The van der Waals surface area contributed by atoms with Crippen molar-refractivity contribution in [3.63, 3.8) is 0 Å². The van der Waals surface area contributed by atoms with Crippen molar-refractivity contribution in [2.24, 2.45) is 0 Å². The molecule has 0 aromatic heterocycles. The van der Waals surface area contributed by atoms with Crippen molar-refractivity contribution in [3.8, 4) is 0 Å². The van der Waals surface area contributed by atoms with Crippen LogP contribution in [0.5, 0.6) is 0 Å². The zero-order valence-corrected chi connectivity index (χ0v) is 19.4. The zero-order valence-electron chi connectivity index (χ0n) is 18.6. The molecule has 0 fully saturated rings. The van der Waals surface area contributed by atoms with Crippen LogP contribution in [0, 0.1) is 21.7 Å². The number of halogens is 3. The van der Waals surface area contributed by atoms with Crippen molar-refractivity contribution in [1.29, 1.82) is 0 Å². The molecule has 0 saturated carbocycles. The average Bonchev–Trinajstić information content (AvgIpc) is 3.09. The molecule has 36 heavy (non-hydrogen) atoms. The summed E-state index contributed by atoms with van der Waals surface area (Å²) in [6.07, 6.45) is 0.458. The molecule has 11 heteroatoms. The summed E-state index contributed by atoms with van der Waals surface area (Å²) in [5.74, 6) is -3.66. The van der Waals surface area contributed by atoms with Gasteiger partial charge in [0.2, 0.25) is 0 Å². The van der Waals surface area contributed by atoms with Crippen molar-refractivity contribution >= 4 is 40.7 Å². The van der Waals surface area contributed by atoms with E-state index in [2.05, 4.69) is 0 Å². The van der Waals surface area contributed by atoms with Gasteiger partial charge in [0.1, 0.15) is 17.2 Å². The highest BCUT2D eigenvalue weighted by Gasteiger charge is 2.34. The minimum Gasteiger partial charge on any atom is -0.305 e. The second kappa shape index (κ2) is 10.2. The Morgan fingerprint density at radius 3 is 2.25 bits per heavy atom. The SMILES string of the molecule is O=C1c2ccccc2C(=O)N1CCCCN(C(=O)c1cc(Cl)ccc1[N+](=O)[O-])c1ccc(F)cc1F. The van der Waals surface area contributed by atoms with E-state index in [0.717, 1.165) is 34.1 Å². The third-order valence-electron chi connectivity index (χ3n) is 5.72. The Kier molecular flexibility index (Phi) is 7.07. The number of anilines is 1. The largest absolute Gasteiger partial charge is 0.305 e. The van der Waals surface area contributed by atoms with Crippen LogP contribution in [-0.4, -0.2) is 40.6 Å². The van der Waals surface area contributed by atoms with Crippen molar-refractivity contribution in [2.45, 2.75) is 12.8 Å². The lowest BCUT2D eigenvalue weighted by Gasteiger charge is -2.24. The molecule has 3 aromatic carbocycles. The van der Waals surface area contributed by atoms with E-state index in [4.69, 9.17) is 11.6 Å². The van der Waals surface area contributed by atoms with Crippen LogP contribution >= 0.6 is 11.6 Å². The second-order valence-corrected chi connectivity index (χ2v) is 8.42. The van der Waals surface area contributed by atoms with Crippen LogP contribution in [-0.2, 0) is 0 Å². The number of benzene rings is 3. The summed E-state index contributed by atoms with van der Waals surface area (Å²) >= 11 is 5.95. The van der Waals surface area contributed by atoms with Gasteiger partial charge in [-0.1, -0.05) is 23.7 Å². The summed E-state index contributed by atoms with van der Waals surface area (Å²) in [7, 11) is 0. The van der Waals surface area contributed by atoms with E-state index in [1.165, 1.54) is 6.07 Å². The average molecular weight is 514 g/mol. The van der Waals surface area contributed by atoms with Crippen LogP contribution in [0.15, 0.2) is 60.7 Å². The van der Waals surface area contributed by atoms with Gasteiger partial charge < -0.3 is 4.90 Å². The molecule has 184 valence electrons. The molecule has 3 aromatic rings. The number of imide groups is 1. The molecule has 8 nitrogen and oxygen atoms in total. The van der Waals surface area contributed by atoms with E-state index in [-0.39, 0.29) is 42.2 Å². The molecule has 0 spiro atoms. The minimum atomic E-state index is -1.03. The Hall–Kier alpha value is -4.18. The van der Waals surface area contributed by atoms with Crippen LogP contribution in [0.3, 0.4) is 0 Å². The molecule has 1 heterocycles. The summed E-state index contributed by atoms with van der Waals surface area (Å²) in [5, 5.41) is 11.5. The van der Waals surface area contributed by atoms with Crippen molar-refractivity contribution < 1.29 is 28.1 Å². The molecule has 0 aliphatic carbocycles. The maximum atomic E-state index is 14.6. The number of amides is 3. The van der Waals surface area contributed by atoms with E-state index in [9.17, 15) is 33.3 Å². The molecule has 0 radical (unpaired) electrons. The van der Waals surface area contributed by atoms with Gasteiger partial charge in [-0.05, 0) is 49.2 Å². The number of carbonyl (C=O) groups excluding carboxylic acids is 3. The highest BCUT2D eigenvalue weighted by atomic mass is 35.5. The van der Waals surface area contributed by atoms with Gasteiger partial charge in [-0.25, -0.2) is 8.78 Å². The topological polar surface area (TPSA) is 101 Å². The molecule has 1 aliphatic heterocycles. The Labute approximate surface area is 208 Å². The molecule has 0 atom stereocenters. The Bertz CT molecular complexity index is 1360. The van der Waals surface area contributed by atoms with Crippen LogP contribution in [0.2, 0.25) is 5.02 Å². The van der Waals surface area contributed by atoms with Gasteiger partial charge in [0, 0.05) is 30.2 Å². The number of fused-ring (bicyclic) bond motifs is 1. The van der Waals surface area contributed by atoms with Crippen LogP contribution in [0.1, 0.15) is 43.9 Å². The summed E-state index contributed by atoms with van der Waals surface area (Å²) in [6.45, 7) is -0.0776. The summed E-state index contributed by atoms with van der Waals surface area (Å²) < 4.78 is 28.1. The summed E-state index contributed by atoms with van der Waals surface area (Å²) in [5.41, 5.74) is -0.558. The highest BCUT2D eigenvalue weighted by molar-refractivity contribution is 6.31. The number of unbranched alkanes of at least 4 members (excludes halogenated alkanes) is 1. The van der Waals surface area contributed by atoms with E-state index in [1.54, 1.807) is 24.3 Å². The second-order valence-electron chi connectivity index (χ2n) is 7.99. The number of rotatable bonds is 8. The van der Waals surface area contributed by atoms with E-state index >= 15 is 0 Å². The molecular formula is C25H18ClF2N3O5. The van der Waals surface area contributed by atoms with Crippen LogP contribution in [0.4, 0.5) is 20.2 Å². The summed E-state index contributed by atoms with van der Waals surface area (Å²) in [6, 6.07) is 12.5. The molecule has 0 bridgehead atoms. The Morgan fingerprint density at radius 2 is 1.64 bits per heavy atom. The lowest BCUT2D eigenvalue weighted by Crippen LogP contribution is -2.34. The van der Waals surface area contributed by atoms with Crippen LogP contribution in [0.25, 0.3) is 0 Å². The first-order valence-electron chi connectivity index (χ1n) is 10.8. The first kappa shape index (κ1) is 24.9. The number of hydrogen-bond donors (Lipinski definition) is 0. The minimum absolute atomic E-state index is 0.0532. The van der Waals surface area contributed by atoms with Gasteiger partial charge in [0.15, 0.2) is 0 Å².